The molecule has 0 saturated heterocycles. The van der Waals surface area contributed by atoms with Crippen molar-refractivity contribution in [2.75, 3.05) is 6.54 Å². The van der Waals surface area contributed by atoms with Crippen molar-refractivity contribution in [1.29, 1.82) is 0 Å². The quantitative estimate of drug-likeness (QED) is 0.794. The predicted molar refractivity (Wildman–Crippen MR) is 67.1 cm³/mol. The summed E-state index contributed by atoms with van der Waals surface area (Å²) in [4.78, 5) is 10.8. The van der Waals surface area contributed by atoms with Gasteiger partial charge in [-0.05, 0) is 36.4 Å². The number of benzene rings is 1. The minimum Gasteiger partial charge on any atom is -0.481 e. The predicted octanol–water partition coefficient (Wildman–Crippen LogP) is 2.69. The Hall–Kier alpha value is -1.35. The van der Waals surface area contributed by atoms with Crippen molar-refractivity contribution in [1.82, 2.24) is 5.32 Å². The Morgan fingerprint density at radius 3 is 2.53 bits per heavy atom. The van der Waals surface area contributed by atoms with Crippen molar-refractivity contribution in [3.63, 3.8) is 0 Å². The number of carboxylic acid groups (broad SMARTS) is 1. The van der Waals surface area contributed by atoms with Crippen LogP contribution in [0.1, 0.15) is 49.3 Å². The highest BCUT2D eigenvalue weighted by Gasteiger charge is 2.23. The lowest BCUT2D eigenvalue weighted by Gasteiger charge is -2.16. The van der Waals surface area contributed by atoms with Crippen LogP contribution in [0.15, 0.2) is 24.3 Å². The Bertz CT molecular complexity index is 382. The van der Waals surface area contributed by atoms with Gasteiger partial charge in [-0.1, -0.05) is 31.2 Å². The van der Waals surface area contributed by atoms with Gasteiger partial charge in [0.1, 0.15) is 0 Å². The van der Waals surface area contributed by atoms with Gasteiger partial charge in [-0.15, -0.1) is 0 Å². The molecule has 1 saturated carbocycles. The van der Waals surface area contributed by atoms with Crippen LogP contribution in [0.2, 0.25) is 0 Å². The highest BCUT2D eigenvalue weighted by atomic mass is 16.4. The minimum absolute atomic E-state index is 0.0780. The average Bonchev–Trinajstić information content (AvgIpc) is 3.12. The molecule has 0 aliphatic heterocycles. The van der Waals surface area contributed by atoms with Crippen LogP contribution in [0.4, 0.5) is 0 Å². The Labute approximate surface area is 102 Å². The van der Waals surface area contributed by atoms with E-state index < -0.39 is 5.97 Å². The summed E-state index contributed by atoms with van der Waals surface area (Å²) in [5.74, 6) is -0.0108. The first-order chi connectivity index (χ1) is 8.20. The fourth-order valence-electron chi connectivity index (χ4n) is 2.15. The first kappa shape index (κ1) is 12.1. The average molecular weight is 233 g/mol. The molecule has 1 aliphatic carbocycles. The smallest absolute Gasteiger partial charge is 0.305 e. The van der Waals surface area contributed by atoms with E-state index in [4.69, 9.17) is 5.11 Å². The summed E-state index contributed by atoms with van der Waals surface area (Å²) >= 11 is 0. The van der Waals surface area contributed by atoms with E-state index in [1.54, 1.807) is 0 Å². The van der Waals surface area contributed by atoms with E-state index in [1.165, 1.54) is 18.4 Å². The van der Waals surface area contributed by atoms with Crippen molar-refractivity contribution < 1.29 is 9.90 Å². The highest BCUT2D eigenvalue weighted by molar-refractivity contribution is 5.68. The lowest BCUT2D eigenvalue weighted by Crippen LogP contribution is -2.23. The minimum atomic E-state index is -0.762. The molecule has 3 nitrogen and oxygen atoms in total. The third-order valence-electron chi connectivity index (χ3n) is 3.22. The molecule has 2 N–H and O–H groups in total. The lowest BCUT2D eigenvalue weighted by atomic mass is 10.0. The summed E-state index contributed by atoms with van der Waals surface area (Å²) in [5.41, 5.74) is 2.46. The molecule has 0 bridgehead atoms. The summed E-state index contributed by atoms with van der Waals surface area (Å²) in [5, 5.41) is 12.1. The van der Waals surface area contributed by atoms with Crippen LogP contribution in [-0.2, 0) is 4.79 Å². The molecule has 1 atom stereocenters. The molecule has 0 spiro atoms. The van der Waals surface area contributed by atoms with Crippen molar-refractivity contribution in [3.8, 4) is 0 Å². The number of nitrogens with one attached hydrogen (secondary N) is 1. The van der Waals surface area contributed by atoms with Gasteiger partial charge in [0, 0.05) is 6.04 Å². The zero-order chi connectivity index (χ0) is 12.3. The van der Waals surface area contributed by atoms with Crippen LogP contribution in [0.3, 0.4) is 0 Å². The van der Waals surface area contributed by atoms with E-state index in [2.05, 4.69) is 29.6 Å². The van der Waals surface area contributed by atoms with Crippen molar-refractivity contribution in [2.24, 2.45) is 0 Å². The van der Waals surface area contributed by atoms with Gasteiger partial charge in [0.15, 0.2) is 0 Å². The van der Waals surface area contributed by atoms with E-state index in [9.17, 15) is 4.79 Å². The van der Waals surface area contributed by atoms with Crippen molar-refractivity contribution in [3.05, 3.63) is 35.4 Å². The fraction of sp³-hybridized carbons (Fsp3) is 0.500. The van der Waals surface area contributed by atoms with E-state index in [0.717, 1.165) is 18.0 Å². The zero-order valence-electron chi connectivity index (χ0n) is 10.1. The Kier molecular flexibility index (Phi) is 3.79. The Morgan fingerprint density at radius 2 is 2.06 bits per heavy atom. The largest absolute Gasteiger partial charge is 0.481 e. The maximum atomic E-state index is 10.8. The number of carboxylic acids is 1. The third-order valence-corrected chi connectivity index (χ3v) is 3.22. The van der Waals surface area contributed by atoms with Crippen LogP contribution in [0.5, 0.6) is 0 Å². The molecule has 2 rings (SSSR count). The molecular weight excluding hydrogens is 214 g/mol. The molecule has 0 amide bonds. The molecule has 0 heterocycles. The van der Waals surface area contributed by atoms with Gasteiger partial charge in [0.05, 0.1) is 6.42 Å². The van der Waals surface area contributed by atoms with Gasteiger partial charge in [-0.25, -0.2) is 0 Å². The number of carbonyl (C=O) groups is 1. The summed E-state index contributed by atoms with van der Waals surface area (Å²) in [6.07, 6.45) is 2.73. The molecule has 1 aliphatic rings. The SMILES string of the molecule is CCNC(CC(=O)O)c1ccc(C2CC2)cc1. The molecule has 1 fully saturated rings. The molecule has 1 aromatic rings. The molecule has 3 heteroatoms. The molecular formula is C14H19NO2. The lowest BCUT2D eigenvalue weighted by molar-refractivity contribution is -0.137. The second kappa shape index (κ2) is 5.32. The van der Waals surface area contributed by atoms with Crippen LogP contribution in [0.25, 0.3) is 0 Å². The van der Waals surface area contributed by atoms with E-state index in [1.807, 2.05) is 6.92 Å². The van der Waals surface area contributed by atoms with Gasteiger partial charge >= 0.3 is 5.97 Å². The molecule has 0 radical (unpaired) electrons. The van der Waals surface area contributed by atoms with E-state index in [0.29, 0.717) is 0 Å². The van der Waals surface area contributed by atoms with Crippen LogP contribution in [0, 0.1) is 0 Å². The van der Waals surface area contributed by atoms with Crippen LogP contribution < -0.4 is 5.32 Å². The van der Waals surface area contributed by atoms with Crippen molar-refractivity contribution >= 4 is 5.97 Å². The molecule has 0 aromatic heterocycles. The topological polar surface area (TPSA) is 49.3 Å². The van der Waals surface area contributed by atoms with Crippen LogP contribution in [-0.4, -0.2) is 17.6 Å². The first-order valence-electron chi connectivity index (χ1n) is 6.25. The summed E-state index contributed by atoms with van der Waals surface area (Å²) in [7, 11) is 0. The monoisotopic (exact) mass is 233 g/mol. The summed E-state index contributed by atoms with van der Waals surface area (Å²) in [6, 6.07) is 8.32. The number of rotatable bonds is 6. The maximum Gasteiger partial charge on any atom is 0.305 e. The number of hydrogen-bond acceptors (Lipinski definition) is 2. The Balaban J connectivity index is 2.08. The second-order valence-electron chi connectivity index (χ2n) is 4.65. The third kappa shape index (κ3) is 3.30. The first-order valence-corrected chi connectivity index (χ1v) is 6.25. The second-order valence-corrected chi connectivity index (χ2v) is 4.65. The van der Waals surface area contributed by atoms with Gasteiger partial charge in [0.25, 0.3) is 0 Å². The van der Waals surface area contributed by atoms with Gasteiger partial charge in [0.2, 0.25) is 0 Å². The van der Waals surface area contributed by atoms with Crippen molar-refractivity contribution in [2.45, 2.75) is 38.1 Å². The fourth-order valence-corrected chi connectivity index (χ4v) is 2.15. The number of hydrogen-bond donors (Lipinski definition) is 2. The summed E-state index contributed by atoms with van der Waals surface area (Å²) in [6.45, 7) is 2.77. The molecule has 92 valence electrons. The van der Waals surface area contributed by atoms with Gasteiger partial charge in [-0.2, -0.15) is 0 Å². The zero-order valence-corrected chi connectivity index (χ0v) is 10.1. The van der Waals surface area contributed by atoms with E-state index >= 15 is 0 Å². The normalized spacial score (nSPS) is 16.8. The standard InChI is InChI=1S/C14H19NO2/c1-2-15-13(9-14(16)17)12-7-5-11(6-8-12)10-3-4-10/h5-8,10,13,15H,2-4,9H2,1H3,(H,16,17). The van der Waals surface area contributed by atoms with Gasteiger partial charge < -0.3 is 10.4 Å². The highest BCUT2D eigenvalue weighted by Crippen LogP contribution is 2.40. The van der Waals surface area contributed by atoms with Crippen LogP contribution >= 0.6 is 0 Å². The molecule has 1 aromatic carbocycles. The van der Waals surface area contributed by atoms with E-state index in [-0.39, 0.29) is 12.5 Å². The summed E-state index contributed by atoms with van der Waals surface area (Å²) < 4.78 is 0. The molecule has 17 heavy (non-hydrogen) atoms. The van der Waals surface area contributed by atoms with Gasteiger partial charge in [-0.3, -0.25) is 4.79 Å². The molecule has 1 unspecified atom stereocenters. The number of aliphatic carboxylic acids is 1. The Morgan fingerprint density at radius 1 is 1.41 bits per heavy atom. The maximum absolute atomic E-state index is 10.8.